The van der Waals surface area contributed by atoms with Gasteiger partial charge in [0.2, 0.25) is 0 Å². The number of carbonyl (C=O) groups excluding carboxylic acids is 1. The van der Waals surface area contributed by atoms with Gasteiger partial charge in [0.05, 0.1) is 5.56 Å². The average Bonchev–Trinajstić information content (AvgIpc) is 2.94. The summed E-state index contributed by atoms with van der Waals surface area (Å²) in [5.41, 5.74) is 0.217. The van der Waals surface area contributed by atoms with Gasteiger partial charge in [-0.15, -0.1) is 0 Å². The normalized spacial score (nSPS) is 17.0. The van der Waals surface area contributed by atoms with Crippen LogP contribution in [0.2, 0.25) is 0 Å². The Bertz CT molecular complexity index is 490. The molecule has 0 aromatic heterocycles. The monoisotopic (exact) mass is 361 g/mol. The molecule has 3 nitrogen and oxygen atoms in total. The van der Waals surface area contributed by atoms with Crippen LogP contribution in [0.1, 0.15) is 36.0 Å². The standard InChI is InChI=1S/C15H18BrF2NO2/c16-9-15(7-3-4-8-15)10-19-13(20)11-5-1-2-6-12(11)21-14(17)18/h1-2,5-6,14H,3-4,7-10H2,(H,19,20). The molecule has 0 radical (unpaired) electrons. The Labute approximate surface area is 131 Å². The summed E-state index contributed by atoms with van der Waals surface area (Å²) in [6.07, 6.45) is 4.44. The molecule has 21 heavy (non-hydrogen) atoms. The van der Waals surface area contributed by atoms with E-state index in [1.54, 1.807) is 12.1 Å². The van der Waals surface area contributed by atoms with Crippen molar-refractivity contribution in [1.82, 2.24) is 5.32 Å². The van der Waals surface area contributed by atoms with Crippen LogP contribution in [0.4, 0.5) is 8.78 Å². The van der Waals surface area contributed by atoms with Crippen molar-refractivity contribution in [2.45, 2.75) is 32.3 Å². The first-order valence-corrected chi connectivity index (χ1v) is 8.06. The van der Waals surface area contributed by atoms with Crippen LogP contribution in [0.15, 0.2) is 24.3 Å². The van der Waals surface area contributed by atoms with Crippen molar-refractivity contribution in [2.24, 2.45) is 5.41 Å². The molecule has 0 unspecified atom stereocenters. The Balaban J connectivity index is 2.03. The fourth-order valence-corrected chi connectivity index (χ4v) is 3.46. The maximum Gasteiger partial charge on any atom is 0.387 e. The average molecular weight is 362 g/mol. The third kappa shape index (κ3) is 4.15. The Morgan fingerprint density at radius 3 is 2.62 bits per heavy atom. The van der Waals surface area contributed by atoms with Crippen LogP contribution in [0, 0.1) is 5.41 Å². The van der Waals surface area contributed by atoms with Gasteiger partial charge in [0.25, 0.3) is 5.91 Å². The Morgan fingerprint density at radius 2 is 2.00 bits per heavy atom. The zero-order valence-electron chi connectivity index (χ0n) is 11.6. The first kappa shape index (κ1) is 16.2. The quantitative estimate of drug-likeness (QED) is 0.778. The second-order valence-corrected chi connectivity index (χ2v) is 5.96. The van der Waals surface area contributed by atoms with Gasteiger partial charge in [-0.2, -0.15) is 8.78 Å². The highest BCUT2D eigenvalue weighted by Gasteiger charge is 2.33. The molecule has 0 saturated heterocycles. The minimum Gasteiger partial charge on any atom is -0.434 e. The molecule has 0 bridgehead atoms. The van der Waals surface area contributed by atoms with Gasteiger partial charge in [0.1, 0.15) is 5.75 Å². The second-order valence-electron chi connectivity index (χ2n) is 5.40. The highest BCUT2D eigenvalue weighted by molar-refractivity contribution is 9.09. The molecular formula is C15H18BrF2NO2. The zero-order chi connectivity index (χ0) is 15.3. The van der Waals surface area contributed by atoms with Crippen molar-refractivity contribution in [2.75, 3.05) is 11.9 Å². The van der Waals surface area contributed by atoms with E-state index in [-0.39, 0.29) is 22.6 Å². The number of halogens is 3. The number of amides is 1. The third-order valence-electron chi connectivity index (χ3n) is 3.92. The lowest BCUT2D eigenvalue weighted by molar-refractivity contribution is -0.0501. The predicted octanol–water partition coefficient (Wildman–Crippen LogP) is 3.97. The molecule has 1 aromatic carbocycles. The van der Waals surface area contributed by atoms with Gasteiger partial charge in [-0.3, -0.25) is 4.79 Å². The van der Waals surface area contributed by atoms with Crippen LogP contribution in [0.3, 0.4) is 0 Å². The third-order valence-corrected chi connectivity index (χ3v) is 5.11. The minimum atomic E-state index is -2.94. The van der Waals surface area contributed by atoms with E-state index in [1.165, 1.54) is 12.1 Å². The maximum absolute atomic E-state index is 12.4. The lowest BCUT2D eigenvalue weighted by atomic mass is 9.89. The largest absolute Gasteiger partial charge is 0.434 e. The molecule has 1 saturated carbocycles. The lowest BCUT2D eigenvalue weighted by Crippen LogP contribution is -2.37. The Kier molecular flexibility index (Phi) is 5.56. The highest BCUT2D eigenvalue weighted by Crippen LogP contribution is 2.39. The van der Waals surface area contributed by atoms with E-state index in [9.17, 15) is 13.6 Å². The molecule has 2 rings (SSSR count). The molecule has 1 aliphatic carbocycles. The van der Waals surface area contributed by atoms with Crippen LogP contribution >= 0.6 is 15.9 Å². The minimum absolute atomic E-state index is 0.0776. The number of benzene rings is 1. The Morgan fingerprint density at radius 1 is 1.33 bits per heavy atom. The van der Waals surface area contributed by atoms with Gasteiger partial charge in [-0.25, -0.2) is 0 Å². The number of nitrogens with one attached hydrogen (secondary N) is 1. The number of alkyl halides is 3. The SMILES string of the molecule is O=C(NCC1(CBr)CCCC1)c1ccccc1OC(F)F. The molecule has 1 aliphatic rings. The van der Waals surface area contributed by atoms with Crippen LogP contribution in [0.25, 0.3) is 0 Å². The van der Waals surface area contributed by atoms with Gasteiger partial charge >= 0.3 is 6.61 Å². The summed E-state index contributed by atoms with van der Waals surface area (Å²) in [6, 6.07) is 6.05. The van der Waals surface area contributed by atoms with Crippen LogP contribution in [-0.2, 0) is 0 Å². The number of ether oxygens (including phenoxy) is 1. The molecule has 116 valence electrons. The maximum atomic E-state index is 12.4. The summed E-state index contributed by atoms with van der Waals surface area (Å²) in [5.74, 6) is -0.470. The van der Waals surface area contributed by atoms with E-state index < -0.39 is 6.61 Å². The van der Waals surface area contributed by atoms with Gasteiger partial charge in [-0.05, 0) is 30.4 Å². The zero-order valence-corrected chi connectivity index (χ0v) is 13.2. The van der Waals surface area contributed by atoms with Gasteiger partial charge in [-0.1, -0.05) is 40.9 Å². The molecule has 0 aliphatic heterocycles. The van der Waals surface area contributed by atoms with E-state index in [0.29, 0.717) is 6.54 Å². The van der Waals surface area contributed by atoms with Crippen molar-refractivity contribution in [3.8, 4) is 5.75 Å². The van der Waals surface area contributed by atoms with Crippen LogP contribution in [-0.4, -0.2) is 24.4 Å². The molecule has 0 heterocycles. The number of hydrogen-bond acceptors (Lipinski definition) is 2. The van der Waals surface area contributed by atoms with Crippen molar-refractivity contribution in [1.29, 1.82) is 0 Å². The summed E-state index contributed by atoms with van der Waals surface area (Å²) in [4.78, 5) is 12.2. The topological polar surface area (TPSA) is 38.3 Å². The van der Waals surface area contributed by atoms with E-state index in [0.717, 1.165) is 31.0 Å². The number of hydrogen-bond donors (Lipinski definition) is 1. The van der Waals surface area contributed by atoms with Crippen molar-refractivity contribution < 1.29 is 18.3 Å². The smallest absolute Gasteiger partial charge is 0.387 e. The summed E-state index contributed by atoms with van der Waals surface area (Å²) >= 11 is 3.51. The first-order valence-electron chi connectivity index (χ1n) is 6.94. The van der Waals surface area contributed by atoms with Crippen LogP contribution in [0.5, 0.6) is 5.75 Å². The highest BCUT2D eigenvalue weighted by atomic mass is 79.9. The summed E-state index contributed by atoms with van der Waals surface area (Å²) in [7, 11) is 0. The molecule has 6 heteroatoms. The first-order chi connectivity index (χ1) is 10.1. The van der Waals surface area contributed by atoms with Gasteiger partial charge < -0.3 is 10.1 Å². The molecule has 0 atom stereocenters. The van der Waals surface area contributed by atoms with Gasteiger partial charge in [0, 0.05) is 11.9 Å². The van der Waals surface area contributed by atoms with E-state index in [4.69, 9.17) is 0 Å². The molecule has 1 fully saturated rings. The molecule has 1 N–H and O–H groups in total. The van der Waals surface area contributed by atoms with Crippen molar-refractivity contribution in [3.63, 3.8) is 0 Å². The fourth-order valence-electron chi connectivity index (χ4n) is 2.70. The summed E-state index contributed by atoms with van der Waals surface area (Å²) in [5, 5.41) is 3.68. The Hall–Kier alpha value is -1.17. The number of rotatable bonds is 6. The second kappa shape index (κ2) is 7.20. The van der Waals surface area contributed by atoms with Crippen molar-refractivity contribution in [3.05, 3.63) is 29.8 Å². The molecule has 0 spiro atoms. The number of para-hydroxylation sites is 1. The summed E-state index contributed by atoms with van der Waals surface area (Å²) < 4.78 is 29.1. The van der Waals surface area contributed by atoms with Crippen molar-refractivity contribution >= 4 is 21.8 Å². The predicted molar refractivity (Wildman–Crippen MR) is 80.1 cm³/mol. The van der Waals surface area contributed by atoms with E-state index in [2.05, 4.69) is 26.0 Å². The van der Waals surface area contributed by atoms with E-state index in [1.807, 2.05) is 0 Å². The number of carbonyl (C=O) groups is 1. The summed E-state index contributed by atoms with van der Waals surface area (Å²) in [6.45, 7) is -2.40. The lowest BCUT2D eigenvalue weighted by Gasteiger charge is -2.26. The van der Waals surface area contributed by atoms with E-state index >= 15 is 0 Å². The van der Waals surface area contributed by atoms with Crippen LogP contribution < -0.4 is 10.1 Å². The molecular weight excluding hydrogens is 344 g/mol. The molecule has 1 aromatic rings. The molecule has 1 amide bonds. The van der Waals surface area contributed by atoms with Gasteiger partial charge in [0.15, 0.2) is 0 Å². The fraction of sp³-hybridized carbons (Fsp3) is 0.533.